The molecular formula is C24H24N2O6. The average molecular weight is 436 g/mol. The van der Waals surface area contributed by atoms with Crippen molar-refractivity contribution in [1.82, 2.24) is 4.90 Å². The first-order valence-electron chi connectivity index (χ1n) is 10.2. The van der Waals surface area contributed by atoms with Crippen LogP contribution in [0.3, 0.4) is 0 Å². The van der Waals surface area contributed by atoms with Crippen molar-refractivity contribution in [1.29, 1.82) is 0 Å². The van der Waals surface area contributed by atoms with E-state index in [1.807, 2.05) is 36.4 Å². The number of esters is 2. The van der Waals surface area contributed by atoms with Gasteiger partial charge in [0, 0.05) is 11.8 Å². The second kappa shape index (κ2) is 10.9. The summed E-state index contributed by atoms with van der Waals surface area (Å²) in [6.07, 6.45) is 0.396. The summed E-state index contributed by atoms with van der Waals surface area (Å²) >= 11 is 0. The normalized spacial score (nSPS) is 15.3. The van der Waals surface area contributed by atoms with Gasteiger partial charge in [0.05, 0.1) is 18.8 Å². The third-order valence-electron chi connectivity index (χ3n) is 4.56. The SMILES string of the molecule is CCOC(=O)C1=CN=C(c2ccccc2)N(C(=O)OCc2ccccc2)C1C(=O)OCC. The number of ether oxygens (including phenoxy) is 3. The molecule has 0 spiro atoms. The van der Waals surface area contributed by atoms with E-state index in [-0.39, 0.29) is 31.2 Å². The molecule has 1 aliphatic heterocycles. The first-order valence-corrected chi connectivity index (χ1v) is 10.2. The van der Waals surface area contributed by atoms with E-state index in [2.05, 4.69) is 4.99 Å². The fourth-order valence-electron chi connectivity index (χ4n) is 3.14. The molecule has 0 saturated carbocycles. The van der Waals surface area contributed by atoms with E-state index < -0.39 is 24.1 Å². The van der Waals surface area contributed by atoms with Crippen molar-refractivity contribution in [2.45, 2.75) is 26.5 Å². The highest BCUT2D eigenvalue weighted by Gasteiger charge is 2.44. The van der Waals surface area contributed by atoms with Crippen molar-refractivity contribution in [3.63, 3.8) is 0 Å². The summed E-state index contributed by atoms with van der Waals surface area (Å²) in [6.45, 7) is 3.42. The fraction of sp³-hybridized carbons (Fsp3) is 0.250. The monoisotopic (exact) mass is 436 g/mol. The third kappa shape index (κ3) is 5.21. The molecule has 8 nitrogen and oxygen atoms in total. The maximum absolute atomic E-state index is 13.2. The number of rotatable bonds is 7. The van der Waals surface area contributed by atoms with E-state index >= 15 is 0 Å². The van der Waals surface area contributed by atoms with Crippen molar-refractivity contribution >= 4 is 23.9 Å². The smallest absolute Gasteiger partial charge is 0.416 e. The molecule has 32 heavy (non-hydrogen) atoms. The van der Waals surface area contributed by atoms with Gasteiger partial charge in [0.15, 0.2) is 6.04 Å². The van der Waals surface area contributed by atoms with Gasteiger partial charge in [-0.15, -0.1) is 0 Å². The molecule has 1 atom stereocenters. The lowest BCUT2D eigenvalue weighted by molar-refractivity contribution is -0.149. The van der Waals surface area contributed by atoms with E-state index in [4.69, 9.17) is 14.2 Å². The largest absolute Gasteiger partial charge is 0.464 e. The highest BCUT2D eigenvalue weighted by Crippen LogP contribution is 2.25. The molecule has 1 amide bonds. The van der Waals surface area contributed by atoms with E-state index in [1.54, 1.807) is 38.1 Å². The first kappa shape index (κ1) is 22.7. The Morgan fingerprint density at radius 3 is 2.12 bits per heavy atom. The van der Waals surface area contributed by atoms with Crippen LogP contribution in [0, 0.1) is 0 Å². The molecule has 0 N–H and O–H groups in total. The van der Waals surface area contributed by atoms with Crippen LogP contribution in [0.15, 0.2) is 77.4 Å². The summed E-state index contributed by atoms with van der Waals surface area (Å²) in [5.41, 5.74) is 1.23. The molecule has 0 aromatic heterocycles. The minimum absolute atomic E-state index is 0.0216. The minimum Gasteiger partial charge on any atom is -0.464 e. The number of carbonyl (C=O) groups excluding carboxylic acids is 3. The van der Waals surface area contributed by atoms with E-state index in [1.165, 1.54) is 6.20 Å². The summed E-state index contributed by atoms with van der Waals surface area (Å²) in [6, 6.07) is 16.6. The van der Waals surface area contributed by atoms with E-state index in [0.29, 0.717) is 5.56 Å². The fourth-order valence-corrected chi connectivity index (χ4v) is 3.14. The molecule has 3 rings (SSSR count). The number of amides is 1. The number of amidine groups is 1. The highest BCUT2D eigenvalue weighted by atomic mass is 16.6. The molecule has 2 aromatic rings. The van der Waals surface area contributed by atoms with Crippen molar-refractivity contribution in [2.75, 3.05) is 13.2 Å². The van der Waals surface area contributed by atoms with Gasteiger partial charge in [-0.3, -0.25) is 0 Å². The van der Waals surface area contributed by atoms with Gasteiger partial charge in [-0.25, -0.2) is 24.3 Å². The predicted molar refractivity (Wildman–Crippen MR) is 117 cm³/mol. The molecule has 1 unspecified atom stereocenters. The van der Waals surface area contributed by atoms with Gasteiger partial charge in [-0.05, 0) is 19.4 Å². The number of aliphatic imine (C=N–C) groups is 1. The van der Waals surface area contributed by atoms with Crippen LogP contribution in [0.1, 0.15) is 25.0 Å². The molecule has 0 bridgehead atoms. The van der Waals surface area contributed by atoms with Crippen molar-refractivity contribution in [3.8, 4) is 0 Å². The van der Waals surface area contributed by atoms with Crippen molar-refractivity contribution < 1.29 is 28.6 Å². The highest BCUT2D eigenvalue weighted by molar-refractivity contribution is 6.13. The second-order valence-corrected chi connectivity index (χ2v) is 6.69. The number of hydrogen-bond donors (Lipinski definition) is 0. The van der Waals surface area contributed by atoms with Gasteiger partial charge in [-0.1, -0.05) is 60.7 Å². The molecule has 0 saturated heterocycles. The summed E-state index contributed by atoms with van der Waals surface area (Å²) in [5, 5.41) is 0. The standard InChI is InChI=1S/C24H24N2O6/c1-3-30-22(27)19-15-25-21(18-13-9-6-10-14-18)26(20(19)23(28)31-4-2)24(29)32-16-17-11-7-5-8-12-17/h5-15,20H,3-4,16H2,1-2H3. The van der Waals surface area contributed by atoms with Crippen LogP contribution in [-0.4, -0.2) is 48.0 Å². The van der Waals surface area contributed by atoms with Gasteiger partial charge in [0.1, 0.15) is 12.4 Å². The molecule has 8 heteroatoms. The Hall–Kier alpha value is -3.94. The Labute approximate surface area is 186 Å². The van der Waals surface area contributed by atoms with Crippen molar-refractivity contribution in [2.24, 2.45) is 4.99 Å². The number of carbonyl (C=O) groups is 3. The van der Waals surface area contributed by atoms with Crippen LogP contribution in [0.4, 0.5) is 4.79 Å². The third-order valence-corrected chi connectivity index (χ3v) is 4.56. The van der Waals surface area contributed by atoms with E-state index in [9.17, 15) is 14.4 Å². The summed E-state index contributed by atoms with van der Waals surface area (Å²) in [5.74, 6) is -1.39. The molecule has 0 fully saturated rings. The Balaban J connectivity index is 2.02. The molecular weight excluding hydrogens is 412 g/mol. The zero-order valence-corrected chi connectivity index (χ0v) is 17.9. The molecule has 1 heterocycles. The van der Waals surface area contributed by atoms with Gasteiger partial charge < -0.3 is 14.2 Å². The summed E-state index contributed by atoms with van der Waals surface area (Å²) < 4.78 is 15.7. The number of hydrogen-bond acceptors (Lipinski definition) is 7. The molecule has 0 radical (unpaired) electrons. The average Bonchev–Trinajstić information content (AvgIpc) is 2.83. The Morgan fingerprint density at radius 2 is 1.50 bits per heavy atom. The number of nitrogens with zero attached hydrogens (tertiary/aromatic N) is 2. The van der Waals surface area contributed by atoms with Gasteiger partial charge in [0.25, 0.3) is 0 Å². The summed E-state index contributed by atoms with van der Waals surface area (Å²) in [4.78, 5) is 44.1. The Kier molecular flexibility index (Phi) is 7.75. The lowest BCUT2D eigenvalue weighted by atomic mass is 10.0. The summed E-state index contributed by atoms with van der Waals surface area (Å²) in [7, 11) is 0. The first-order chi connectivity index (χ1) is 15.6. The van der Waals surface area contributed by atoms with Crippen molar-refractivity contribution in [3.05, 3.63) is 83.6 Å². The van der Waals surface area contributed by atoms with Crippen LogP contribution >= 0.6 is 0 Å². The van der Waals surface area contributed by atoms with Gasteiger partial charge in [-0.2, -0.15) is 0 Å². The van der Waals surface area contributed by atoms with Gasteiger partial charge >= 0.3 is 18.0 Å². The Morgan fingerprint density at radius 1 is 0.875 bits per heavy atom. The maximum Gasteiger partial charge on any atom is 0.416 e. The Bertz CT molecular complexity index is 1020. The molecule has 1 aliphatic rings. The zero-order chi connectivity index (χ0) is 22.9. The van der Waals surface area contributed by atoms with E-state index in [0.717, 1.165) is 10.5 Å². The maximum atomic E-state index is 13.2. The van der Waals surface area contributed by atoms with Crippen LogP contribution in [-0.2, 0) is 30.4 Å². The topological polar surface area (TPSA) is 94.5 Å². The van der Waals surface area contributed by atoms with Crippen LogP contribution in [0.2, 0.25) is 0 Å². The lowest BCUT2D eigenvalue weighted by Gasteiger charge is -2.33. The van der Waals surface area contributed by atoms with Crippen LogP contribution < -0.4 is 0 Å². The number of benzene rings is 2. The van der Waals surface area contributed by atoms with Crippen LogP contribution in [0.5, 0.6) is 0 Å². The molecule has 0 aliphatic carbocycles. The quantitative estimate of drug-likeness (QED) is 0.487. The second-order valence-electron chi connectivity index (χ2n) is 6.69. The van der Waals surface area contributed by atoms with Crippen LogP contribution in [0.25, 0.3) is 0 Å². The molecule has 2 aromatic carbocycles. The van der Waals surface area contributed by atoms with Gasteiger partial charge in [0.2, 0.25) is 0 Å². The lowest BCUT2D eigenvalue weighted by Crippen LogP contribution is -2.53. The minimum atomic E-state index is -1.40. The predicted octanol–water partition coefficient (Wildman–Crippen LogP) is 3.46. The molecule has 166 valence electrons. The zero-order valence-electron chi connectivity index (χ0n) is 17.9.